The molecular weight excluding hydrogens is 316 g/mol. The van der Waals surface area contributed by atoms with Crippen molar-refractivity contribution in [2.45, 2.75) is 36.7 Å². The van der Waals surface area contributed by atoms with Crippen LogP contribution in [0, 0.1) is 0 Å². The standard InChI is InChI=1S/C20H18N2OS/c1-2-6-13(5-1)23-17-11-12-21-19-16(17)10-9-15-14-7-3-4-8-18(14)24-22-20(15)19/h3-4,7-13,22H,1-2,5-6H2. The zero-order valence-electron chi connectivity index (χ0n) is 13.3. The molecule has 3 nitrogen and oxygen atoms in total. The minimum atomic E-state index is 0.356. The fraction of sp³-hybridized carbons (Fsp3) is 0.250. The van der Waals surface area contributed by atoms with Crippen LogP contribution in [-0.2, 0) is 0 Å². The molecule has 0 spiro atoms. The molecule has 0 bridgehead atoms. The summed E-state index contributed by atoms with van der Waals surface area (Å²) in [6, 6.07) is 14.8. The SMILES string of the molecule is c1ccc2c(c1)SNc1c-2ccc2c(OC3CCCC3)ccnc12. The Kier molecular flexibility index (Phi) is 3.37. The molecule has 2 aliphatic rings. The minimum Gasteiger partial charge on any atom is -0.490 e. The van der Waals surface area contributed by atoms with Crippen LogP contribution in [0.25, 0.3) is 22.0 Å². The number of anilines is 1. The molecule has 5 rings (SSSR count). The maximum absolute atomic E-state index is 6.27. The van der Waals surface area contributed by atoms with Crippen LogP contribution in [0.4, 0.5) is 5.69 Å². The Labute approximate surface area is 145 Å². The average molecular weight is 334 g/mol. The monoisotopic (exact) mass is 334 g/mol. The molecule has 0 radical (unpaired) electrons. The molecule has 0 unspecified atom stereocenters. The summed E-state index contributed by atoms with van der Waals surface area (Å²) in [7, 11) is 0. The van der Waals surface area contributed by atoms with Gasteiger partial charge in [-0.15, -0.1) is 0 Å². The summed E-state index contributed by atoms with van der Waals surface area (Å²) < 4.78 is 9.76. The third-order valence-electron chi connectivity index (χ3n) is 4.91. The normalized spacial score (nSPS) is 16.5. The van der Waals surface area contributed by atoms with Gasteiger partial charge in [0.2, 0.25) is 0 Å². The van der Waals surface area contributed by atoms with E-state index in [0.29, 0.717) is 6.10 Å². The first-order chi connectivity index (χ1) is 11.9. The van der Waals surface area contributed by atoms with Crippen molar-refractivity contribution < 1.29 is 4.74 Å². The topological polar surface area (TPSA) is 34.1 Å². The molecule has 1 aliphatic heterocycles. The summed E-state index contributed by atoms with van der Waals surface area (Å²) in [6.45, 7) is 0. The fourth-order valence-corrected chi connectivity index (χ4v) is 4.55. The minimum absolute atomic E-state index is 0.356. The van der Waals surface area contributed by atoms with Crippen molar-refractivity contribution in [3.05, 3.63) is 48.7 Å². The van der Waals surface area contributed by atoms with Gasteiger partial charge in [-0.1, -0.05) is 24.3 Å². The first kappa shape index (κ1) is 14.2. The predicted molar refractivity (Wildman–Crippen MR) is 99.5 cm³/mol. The second kappa shape index (κ2) is 5.71. The van der Waals surface area contributed by atoms with E-state index in [0.717, 1.165) is 35.2 Å². The van der Waals surface area contributed by atoms with Crippen LogP contribution < -0.4 is 9.46 Å². The fourth-order valence-electron chi connectivity index (χ4n) is 3.69. The van der Waals surface area contributed by atoms with Gasteiger partial charge >= 0.3 is 0 Å². The summed E-state index contributed by atoms with van der Waals surface area (Å²) in [6.07, 6.45) is 7.09. The molecule has 1 N–H and O–H groups in total. The number of nitrogens with zero attached hydrogens (tertiary/aromatic N) is 1. The lowest BCUT2D eigenvalue weighted by Gasteiger charge is -2.22. The molecular formula is C20H18N2OS. The number of hydrogen-bond acceptors (Lipinski definition) is 4. The molecule has 2 aromatic carbocycles. The van der Waals surface area contributed by atoms with Crippen LogP contribution in [0.3, 0.4) is 0 Å². The molecule has 24 heavy (non-hydrogen) atoms. The number of hydrogen-bond donors (Lipinski definition) is 1. The first-order valence-electron chi connectivity index (χ1n) is 8.51. The molecule has 120 valence electrons. The zero-order valence-corrected chi connectivity index (χ0v) is 14.1. The van der Waals surface area contributed by atoms with Gasteiger partial charge in [0.1, 0.15) is 5.75 Å². The third-order valence-corrected chi connectivity index (χ3v) is 5.79. The van der Waals surface area contributed by atoms with Gasteiger partial charge in [-0.2, -0.15) is 0 Å². The van der Waals surface area contributed by atoms with Gasteiger partial charge in [-0.05, 0) is 61.4 Å². The third kappa shape index (κ3) is 2.25. The molecule has 1 aliphatic carbocycles. The average Bonchev–Trinajstić information content (AvgIpc) is 3.14. The maximum Gasteiger partial charge on any atom is 0.130 e. The summed E-state index contributed by atoms with van der Waals surface area (Å²) in [4.78, 5) is 5.90. The Morgan fingerprint density at radius 3 is 2.79 bits per heavy atom. The largest absolute Gasteiger partial charge is 0.490 e. The Morgan fingerprint density at radius 1 is 1.00 bits per heavy atom. The van der Waals surface area contributed by atoms with Crippen LogP contribution in [0.1, 0.15) is 25.7 Å². The number of aromatic nitrogens is 1. The van der Waals surface area contributed by atoms with E-state index in [1.165, 1.54) is 28.9 Å². The van der Waals surface area contributed by atoms with Gasteiger partial charge in [-0.3, -0.25) is 4.98 Å². The van der Waals surface area contributed by atoms with Crippen LogP contribution >= 0.6 is 11.9 Å². The lowest BCUT2D eigenvalue weighted by atomic mass is 10.0. The Balaban J connectivity index is 1.64. The number of fused-ring (bicyclic) bond motifs is 5. The van der Waals surface area contributed by atoms with Gasteiger partial charge in [0.15, 0.2) is 0 Å². The van der Waals surface area contributed by atoms with Gasteiger partial charge in [-0.25, -0.2) is 0 Å². The van der Waals surface area contributed by atoms with Crippen molar-refractivity contribution in [3.8, 4) is 16.9 Å². The maximum atomic E-state index is 6.27. The molecule has 1 aromatic heterocycles. The van der Waals surface area contributed by atoms with Gasteiger partial charge < -0.3 is 9.46 Å². The van der Waals surface area contributed by atoms with E-state index in [1.807, 2.05) is 12.3 Å². The molecule has 1 saturated carbocycles. The van der Waals surface area contributed by atoms with Crippen molar-refractivity contribution in [1.82, 2.24) is 4.98 Å². The molecule has 1 fully saturated rings. The number of pyridine rings is 1. The summed E-state index contributed by atoms with van der Waals surface area (Å²) >= 11 is 1.65. The quantitative estimate of drug-likeness (QED) is 0.614. The lowest BCUT2D eigenvalue weighted by Crippen LogP contribution is -2.11. The second-order valence-electron chi connectivity index (χ2n) is 6.42. The van der Waals surface area contributed by atoms with Crippen molar-refractivity contribution in [2.75, 3.05) is 4.72 Å². The van der Waals surface area contributed by atoms with Crippen molar-refractivity contribution in [1.29, 1.82) is 0 Å². The van der Waals surface area contributed by atoms with E-state index >= 15 is 0 Å². The highest BCUT2D eigenvalue weighted by atomic mass is 32.2. The number of ether oxygens (including phenoxy) is 1. The van der Waals surface area contributed by atoms with E-state index < -0.39 is 0 Å². The molecule has 0 amide bonds. The lowest BCUT2D eigenvalue weighted by molar-refractivity contribution is 0.212. The van der Waals surface area contributed by atoms with Crippen LogP contribution in [0.5, 0.6) is 5.75 Å². The summed E-state index contributed by atoms with van der Waals surface area (Å²) in [5.74, 6) is 0.959. The first-order valence-corrected chi connectivity index (χ1v) is 9.32. The Hall–Kier alpha value is -2.20. The Bertz CT molecular complexity index is 919. The molecule has 0 atom stereocenters. The van der Waals surface area contributed by atoms with Crippen molar-refractivity contribution in [2.24, 2.45) is 0 Å². The number of benzene rings is 2. The molecule has 2 heterocycles. The molecule has 3 aromatic rings. The van der Waals surface area contributed by atoms with Gasteiger partial charge in [0, 0.05) is 22.0 Å². The van der Waals surface area contributed by atoms with E-state index in [4.69, 9.17) is 4.74 Å². The van der Waals surface area contributed by atoms with Crippen LogP contribution in [0.15, 0.2) is 53.6 Å². The van der Waals surface area contributed by atoms with E-state index in [2.05, 4.69) is 46.1 Å². The second-order valence-corrected chi connectivity index (χ2v) is 7.27. The summed E-state index contributed by atoms with van der Waals surface area (Å²) in [5.41, 5.74) is 4.56. The van der Waals surface area contributed by atoms with E-state index in [-0.39, 0.29) is 0 Å². The van der Waals surface area contributed by atoms with Crippen LogP contribution in [0.2, 0.25) is 0 Å². The smallest absolute Gasteiger partial charge is 0.130 e. The van der Waals surface area contributed by atoms with E-state index in [1.54, 1.807) is 11.9 Å². The van der Waals surface area contributed by atoms with Gasteiger partial charge in [0.25, 0.3) is 0 Å². The Morgan fingerprint density at radius 2 is 1.88 bits per heavy atom. The van der Waals surface area contributed by atoms with Crippen molar-refractivity contribution in [3.63, 3.8) is 0 Å². The highest BCUT2D eigenvalue weighted by Crippen LogP contribution is 2.46. The molecule has 0 saturated heterocycles. The van der Waals surface area contributed by atoms with Crippen LogP contribution in [-0.4, -0.2) is 11.1 Å². The number of nitrogens with one attached hydrogen (secondary N) is 1. The van der Waals surface area contributed by atoms with E-state index in [9.17, 15) is 0 Å². The highest BCUT2D eigenvalue weighted by Gasteiger charge is 2.22. The van der Waals surface area contributed by atoms with Gasteiger partial charge in [0.05, 0.1) is 17.3 Å². The van der Waals surface area contributed by atoms with Crippen molar-refractivity contribution >= 4 is 28.5 Å². The molecule has 4 heteroatoms. The number of rotatable bonds is 2. The zero-order chi connectivity index (χ0) is 15.9. The summed E-state index contributed by atoms with van der Waals surface area (Å²) in [5, 5.41) is 1.09. The predicted octanol–water partition coefficient (Wildman–Crippen LogP) is 5.66. The highest BCUT2D eigenvalue weighted by molar-refractivity contribution is 8.00.